The number of hydrogen-bond donors (Lipinski definition) is 2. The molecule has 7 heteroatoms. The summed E-state index contributed by atoms with van der Waals surface area (Å²) in [5, 5.41) is 22.3. The van der Waals surface area contributed by atoms with Crippen LogP contribution in [0.4, 0.5) is 11.4 Å². The van der Waals surface area contributed by atoms with Crippen LogP contribution in [0.5, 0.6) is 0 Å². The molecule has 1 aromatic carbocycles. The van der Waals surface area contributed by atoms with Crippen LogP contribution in [0.3, 0.4) is 0 Å². The van der Waals surface area contributed by atoms with Crippen molar-refractivity contribution < 1.29 is 19.6 Å². The van der Waals surface area contributed by atoms with E-state index in [4.69, 9.17) is 5.11 Å². The molecule has 0 heterocycles. The van der Waals surface area contributed by atoms with Crippen LogP contribution in [0.1, 0.15) is 25.7 Å². The average Bonchev–Trinajstić information content (AvgIpc) is 2.47. The van der Waals surface area contributed by atoms with Gasteiger partial charge in [-0.2, -0.15) is 0 Å². The minimum atomic E-state index is -0.872. The minimum absolute atomic E-state index is 0.0974. The summed E-state index contributed by atoms with van der Waals surface area (Å²) in [6.07, 6.45) is 2.25. The Morgan fingerprint density at radius 3 is 2.67 bits per heavy atom. The number of aliphatic carboxylic acids is 1. The quantitative estimate of drug-likeness (QED) is 0.654. The number of non-ortho nitro benzene ring substituents is 1. The van der Waals surface area contributed by atoms with Crippen molar-refractivity contribution in [3.05, 3.63) is 34.4 Å². The van der Waals surface area contributed by atoms with E-state index in [1.165, 1.54) is 18.2 Å². The Hall–Kier alpha value is -2.44. The maximum Gasteiger partial charge on any atom is 0.306 e. The first kappa shape index (κ1) is 15.0. The summed E-state index contributed by atoms with van der Waals surface area (Å²) in [6.45, 7) is 0. The van der Waals surface area contributed by atoms with Crippen molar-refractivity contribution in [2.45, 2.75) is 25.7 Å². The molecule has 112 valence electrons. The van der Waals surface area contributed by atoms with Crippen LogP contribution in [0.2, 0.25) is 0 Å². The molecule has 0 saturated heterocycles. The Kier molecular flexibility index (Phi) is 4.52. The van der Waals surface area contributed by atoms with Crippen LogP contribution in [0, 0.1) is 22.0 Å². The van der Waals surface area contributed by atoms with E-state index >= 15 is 0 Å². The lowest BCUT2D eigenvalue weighted by Crippen LogP contribution is -2.30. The number of carboxylic acids is 1. The highest BCUT2D eigenvalue weighted by molar-refractivity contribution is 5.93. The maximum absolute atomic E-state index is 12.1. The summed E-state index contributed by atoms with van der Waals surface area (Å²) < 4.78 is 0. The van der Waals surface area contributed by atoms with Crippen molar-refractivity contribution in [1.29, 1.82) is 0 Å². The minimum Gasteiger partial charge on any atom is -0.481 e. The highest BCUT2D eigenvalue weighted by Crippen LogP contribution is 2.30. The third-order valence-corrected chi connectivity index (χ3v) is 3.72. The zero-order valence-electron chi connectivity index (χ0n) is 11.3. The molecule has 2 unspecified atom stereocenters. The third-order valence-electron chi connectivity index (χ3n) is 3.72. The van der Waals surface area contributed by atoms with Gasteiger partial charge in [0.05, 0.1) is 10.8 Å². The number of nitrogens with zero attached hydrogens (tertiary/aromatic N) is 1. The normalized spacial score (nSPS) is 21.5. The van der Waals surface area contributed by atoms with Crippen LogP contribution >= 0.6 is 0 Å². The molecule has 2 rings (SSSR count). The fraction of sp³-hybridized carbons (Fsp3) is 0.429. The molecule has 0 radical (unpaired) electrons. The van der Waals surface area contributed by atoms with Crippen molar-refractivity contribution in [2.75, 3.05) is 5.32 Å². The predicted octanol–water partition coefficient (Wildman–Crippen LogP) is 2.42. The molecule has 1 fully saturated rings. The Morgan fingerprint density at radius 1 is 1.29 bits per heavy atom. The van der Waals surface area contributed by atoms with Crippen LogP contribution in [0.15, 0.2) is 24.3 Å². The molecule has 2 N–H and O–H groups in total. The van der Waals surface area contributed by atoms with Crippen molar-refractivity contribution >= 4 is 23.3 Å². The summed E-state index contributed by atoms with van der Waals surface area (Å²) in [6, 6.07) is 5.70. The number of carboxylic acid groups (broad SMARTS) is 1. The molecule has 1 saturated carbocycles. The largest absolute Gasteiger partial charge is 0.481 e. The maximum atomic E-state index is 12.1. The van der Waals surface area contributed by atoms with E-state index in [0.717, 1.165) is 0 Å². The fourth-order valence-electron chi connectivity index (χ4n) is 2.59. The number of anilines is 1. The zero-order valence-corrected chi connectivity index (χ0v) is 11.3. The van der Waals surface area contributed by atoms with E-state index in [1.54, 1.807) is 6.07 Å². The van der Waals surface area contributed by atoms with Gasteiger partial charge in [-0.15, -0.1) is 0 Å². The molecule has 1 aliphatic carbocycles. The van der Waals surface area contributed by atoms with Gasteiger partial charge in [0.2, 0.25) is 5.91 Å². The summed E-state index contributed by atoms with van der Waals surface area (Å²) in [4.78, 5) is 33.3. The number of nitro benzene ring substituents is 1. The Morgan fingerprint density at radius 2 is 2.00 bits per heavy atom. The Labute approximate surface area is 121 Å². The second-order valence-electron chi connectivity index (χ2n) is 5.20. The number of carbonyl (C=O) groups is 2. The monoisotopic (exact) mass is 292 g/mol. The van der Waals surface area contributed by atoms with Gasteiger partial charge >= 0.3 is 5.97 Å². The van der Waals surface area contributed by atoms with E-state index in [2.05, 4.69) is 5.32 Å². The van der Waals surface area contributed by atoms with Crippen LogP contribution in [0.25, 0.3) is 0 Å². The molecule has 0 aromatic heterocycles. The molecular weight excluding hydrogens is 276 g/mol. The number of carbonyl (C=O) groups excluding carboxylic acids is 1. The summed E-state index contributed by atoms with van der Waals surface area (Å²) in [7, 11) is 0. The lowest BCUT2D eigenvalue weighted by atomic mass is 9.81. The summed E-state index contributed by atoms with van der Waals surface area (Å²) in [5.74, 6) is -2.00. The fourth-order valence-corrected chi connectivity index (χ4v) is 2.59. The third kappa shape index (κ3) is 3.77. The molecule has 0 aliphatic heterocycles. The molecule has 7 nitrogen and oxygen atoms in total. The number of amides is 1. The van der Waals surface area contributed by atoms with Gasteiger partial charge < -0.3 is 10.4 Å². The molecule has 1 aliphatic rings. The number of nitro groups is 1. The van der Waals surface area contributed by atoms with E-state index in [1.807, 2.05) is 0 Å². The Balaban J connectivity index is 2.02. The van der Waals surface area contributed by atoms with Gasteiger partial charge in [0, 0.05) is 23.7 Å². The molecular formula is C14H16N2O5. The molecule has 1 aromatic rings. The van der Waals surface area contributed by atoms with Gasteiger partial charge in [-0.25, -0.2) is 0 Å². The molecule has 0 bridgehead atoms. The van der Waals surface area contributed by atoms with E-state index in [-0.39, 0.29) is 17.5 Å². The highest BCUT2D eigenvalue weighted by atomic mass is 16.6. The molecule has 0 spiro atoms. The van der Waals surface area contributed by atoms with Crippen LogP contribution in [-0.4, -0.2) is 21.9 Å². The lowest BCUT2D eigenvalue weighted by Gasteiger charge is -2.25. The summed E-state index contributed by atoms with van der Waals surface area (Å²) >= 11 is 0. The second-order valence-corrected chi connectivity index (χ2v) is 5.20. The number of benzene rings is 1. The molecule has 1 amide bonds. The smallest absolute Gasteiger partial charge is 0.306 e. The van der Waals surface area contributed by atoms with Gasteiger partial charge in [0.15, 0.2) is 0 Å². The predicted molar refractivity (Wildman–Crippen MR) is 74.8 cm³/mol. The first-order valence-electron chi connectivity index (χ1n) is 6.75. The second kappa shape index (κ2) is 6.34. The first-order valence-corrected chi connectivity index (χ1v) is 6.75. The molecule has 2 atom stereocenters. The average molecular weight is 292 g/mol. The topological polar surface area (TPSA) is 110 Å². The van der Waals surface area contributed by atoms with E-state index in [0.29, 0.717) is 31.4 Å². The van der Waals surface area contributed by atoms with Crippen molar-refractivity contribution in [3.63, 3.8) is 0 Å². The van der Waals surface area contributed by atoms with Gasteiger partial charge in [-0.3, -0.25) is 19.7 Å². The van der Waals surface area contributed by atoms with Crippen molar-refractivity contribution in [3.8, 4) is 0 Å². The highest BCUT2D eigenvalue weighted by Gasteiger charge is 2.31. The molecule has 21 heavy (non-hydrogen) atoms. The van der Waals surface area contributed by atoms with Crippen LogP contribution in [-0.2, 0) is 9.59 Å². The van der Waals surface area contributed by atoms with Gasteiger partial charge in [-0.05, 0) is 25.3 Å². The summed E-state index contributed by atoms with van der Waals surface area (Å²) in [5.41, 5.74) is 0.256. The van der Waals surface area contributed by atoms with Gasteiger partial charge in [-0.1, -0.05) is 12.5 Å². The standard InChI is InChI=1S/C14H16N2O5/c17-13(9-3-1-4-10(7-9)14(18)19)15-11-5-2-6-12(8-11)16(20)21/h2,5-6,8-10H,1,3-4,7H2,(H,15,17)(H,18,19). The van der Waals surface area contributed by atoms with Gasteiger partial charge in [0.25, 0.3) is 5.69 Å². The van der Waals surface area contributed by atoms with E-state index in [9.17, 15) is 19.7 Å². The number of nitrogens with one attached hydrogen (secondary N) is 1. The lowest BCUT2D eigenvalue weighted by molar-refractivity contribution is -0.384. The number of hydrogen-bond acceptors (Lipinski definition) is 4. The first-order chi connectivity index (χ1) is 9.97. The van der Waals surface area contributed by atoms with Gasteiger partial charge in [0.1, 0.15) is 0 Å². The van der Waals surface area contributed by atoms with Crippen molar-refractivity contribution in [1.82, 2.24) is 0 Å². The van der Waals surface area contributed by atoms with Crippen molar-refractivity contribution in [2.24, 2.45) is 11.8 Å². The zero-order chi connectivity index (χ0) is 15.4. The Bertz CT molecular complexity index is 572. The van der Waals surface area contributed by atoms with Crippen LogP contribution < -0.4 is 5.32 Å². The number of rotatable bonds is 4. The SMILES string of the molecule is O=C(O)C1CCCC(C(=O)Nc2cccc([N+](=O)[O-])c2)C1. The van der Waals surface area contributed by atoms with E-state index < -0.39 is 16.8 Å².